The number of nitrogens with zero attached hydrogens (tertiary/aromatic N) is 1. The van der Waals surface area contributed by atoms with Crippen LogP contribution < -0.4 is 5.32 Å². The van der Waals surface area contributed by atoms with Gasteiger partial charge in [0.2, 0.25) is 0 Å². The molecule has 2 aliphatic rings. The van der Waals surface area contributed by atoms with Crippen LogP contribution in [0.15, 0.2) is 42.5 Å². The van der Waals surface area contributed by atoms with Crippen LogP contribution in [0.2, 0.25) is 0 Å². The molecular weight excluding hydrogens is 320 g/mol. The number of amides is 2. The molecule has 0 bridgehead atoms. The van der Waals surface area contributed by atoms with E-state index >= 15 is 0 Å². The van der Waals surface area contributed by atoms with Crippen LogP contribution in [0.4, 0.5) is 4.79 Å². The summed E-state index contributed by atoms with van der Waals surface area (Å²) in [7, 11) is 1.92. The maximum Gasteiger partial charge on any atom is 0.318 e. The van der Waals surface area contributed by atoms with Crippen LogP contribution in [0.5, 0.6) is 0 Å². The summed E-state index contributed by atoms with van der Waals surface area (Å²) < 4.78 is 0. The topological polar surface area (TPSA) is 32.3 Å². The minimum Gasteiger partial charge on any atom is -0.331 e. The minimum atomic E-state index is 0.0110. The van der Waals surface area contributed by atoms with Crippen molar-refractivity contribution in [1.82, 2.24) is 10.2 Å². The Morgan fingerprint density at radius 3 is 2.65 bits per heavy atom. The lowest BCUT2D eigenvalue weighted by atomic mass is 9.89. The van der Waals surface area contributed by atoms with Crippen molar-refractivity contribution in [2.24, 2.45) is 0 Å². The zero-order valence-corrected chi connectivity index (χ0v) is 15.8. The number of carbonyl (C=O) groups is 1. The molecule has 0 aliphatic heterocycles. The molecule has 0 spiro atoms. The molecule has 0 radical (unpaired) electrons. The number of nitrogens with one attached hydrogen (secondary N) is 1. The first kappa shape index (κ1) is 17.1. The summed E-state index contributed by atoms with van der Waals surface area (Å²) in [4.78, 5) is 14.7. The van der Waals surface area contributed by atoms with Gasteiger partial charge < -0.3 is 10.2 Å². The highest BCUT2D eigenvalue weighted by atomic mass is 16.2. The molecule has 2 aromatic rings. The van der Waals surface area contributed by atoms with Crippen molar-refractivity contribution in [3.05, 3.63) is 70.3 Å². The fourth-order valence-corrected chi connectivity index (χ4v) is 4.47. The maximum absolute atomic E-state index is 12.8. The third-order valence-corrected chi connectivity index (χ3v) is 6.10. The summed E-state index contributed by atoms with van der Waals surface area (Å²) in [5.74, 6) is 0. The smallest absolute Gasteiger partial charge is 0.318 e. The molecule has 4 rings (SSSR count). The Balaban J connectivity index is 1.44. The molecule has 3 heteroatoms. The van der Waals surface area contributed by atoms with E-state index in [1.807, 2.05) is 11.9 Å². The van der Waals surface area contributed by atoms with Gasteiger partial charge in [-0.25, -0.2) is 4.79 Å². The number of rotatable bonds is 3. The van der Waals surface area contributed by atoms with E-state index in [0.717, 1.165) is 12.8 Å². The van der Waals surface area contributed by atoms with Crippen LogP contribution in [0.3, 0.4) is 0 Å². The second-order valence-electron chi connectivity index (χ2n) is 7.77. The molecule has 0 aromatic heterocycles. The molecule has 3 nitrogen and oxygen atoms in total. The van der Waals surface area contributed by atoms with Gasteiger partial charge in [-0.05, 0) is 73.3 Å². The van der Waals surface area contributed by atoms with Crippen LogP contribution in [0.25, 0.3) is 0 Å². The summed E-state index contributed by atoms with van der Waals surface area (Å²) in [5.41, 5.74) is 6.83. The zero-order valence-electron chi connectivity index (χ0n) is 15.8. The number of hydrogen-bond donors (Lipinski definition) is 1. The summed E-state index contributed by atoms with van der Waals surface area (Å²) in [6, 6.07) is 15.4. The molecule has 0 heterocycles. The predicted molar refractivity (Wildman–Crippen MR) is 105 cm³/mol. The predicted octanol–water partition coefficient (Wildman–Crippen LogP) is 4.96. The Hall–Kier alpha value is -2.29. The SMILES string of the molecule is C[C@H](NC(=O)N(C)[C@@H]1CCc2ccccc21)c1ccc2c(c1)CCCC2. The molecule has 0 unspecified atom stereocenters. The van der Waals surface area contributed by atoms with Crippen LogP contribution in [0.1, 0.15) is 66.1 Å². The number of benzene rings is 2. The average Bonchev–Trinajstić information content (AvgIpc) is 3.11. The van der Waals surface area contributed by atoms with Crippen molar-refractivity contribution >= 4 is 6.03 Å². The van der Waals surface area contributed by atoms with Gasteiger partial charge in [0.1, 0.15) is 0 Å². The van der Waals surface area contributed by atoms with Gasteiger partial charge in [0.05, 0.1) is 12.1 Å². The monoisotopic (exact) mass is 348 g/mol. The lowest BCUT2D eigenvalue weighted by Crippen LogP contribution is -2.40. The van der Waals surface area contributed by atoms with Gasteiger partial charge in [0, 0.05) is 7.05 Å². The molecule has 0 saturated carbocycles. The molecule has 2 amide bonds. The van der Waals surface area contributed by atoms with Crippen LogP contribution >= 0.6 is 0 Å². The Morgan fingerprint density at radius 1 is 1.04 bits per heavy atom. The van der Waals surface area contributed by atoms with Crippen molar-refractivity contribution in [2.45, 2.75) is 57.5 Å². The highest BCUT2D eigenvalue weighted by molar-refractivity contribution is 5.75. The first-order valence-corrected chi connectivity index (χ1v) is 9.86. The van der Waals surface area contributed by atoms with Crippen LogP contribution in [0, 0.1) is 0 Å². The molecule has 0 saturated heterocycles. The Labute approximate surface area is 156 Å². The standard InChI is InChI=1S/C23H28N2O/c1-16(19-12-11-17-7-3-4-9-20(17)15-19)24-23(26)25(2)22-14-13-18-8-5-6-10-21(18)22/h5-6,8,10-12,15-16,22H,3-4,7,9,13-14H2,1-2H3,(H,24,26)/t16-,22+/m0/s1. The lowest BCUT2D eigenvalue weighted by molar-refractivity contribution is 0.187. The van der Waals surface area contributed by atoms with E-state index in [0.29, 0.717) is 0 Å². The Kier molecular flexibility index (Phi) is 4.71. The Morgan fingerprint density at radius 2 is 1.81 bits per heavy atom. The summed E-state index contributed by atoms with van der Waals surface area (Å²) in [5, 5.41) is 3.20. The lowest BCUT2D eigenvalue weighted by Gasteiger charge is -2.28. The highest BCUT2D eigenvalue weighted by Gasteiger charge is 2.29. The number of fused-ring (bicyclic) bond motifs is 2. The van der Waals surface area contributed by atoms with Crippen molar-refractivity contribution in [1.29, 1.82) is 0 Å². The van der Waals surface area contributed by atoms with Gasteiger partial charge in [0.15, 0.2) is 0 Å². The van der Waals surface area contributed by atoms with Gasteiger partial charge in [-0.3, -0.25) is 0 Å². The van der Waals surface area contributed by atoms with E-state index in [1.165, 1.54) is 53.5 Å². The van der Waals surface area contributed by atoms with Crippen molar-refractivity contribution < 1.29 is 4.79 Å². The normalized spacial score (nSPS) is 19.4. The third kappa shape index (κ3) is 3.23. The molecule has 26 heavy (non-hydrogen) atoms. The van der Waals surface area contributed by atoms with Gasteiger partial charge in [-0.1, -0.05) is 42.5 Å². The van der Waals surface area contributed by atoms with E-state index in [1.54, 1.807) is 0 Å². The van der Waals surface area contributed by atoms with Gasteiger partial charge in [0.25, 0.3) is 0 Å². The van der Waals surface area contributed by atoms with E-state index < -0.39 is 0 Å². The van der Waals surface area contributed by atoms with E-state index in [9.17, 15) is 4.79 Å². The Bertz CT molecular complexity index is 814. The van der Waals surface area contributed by atoms with Crippen molar-refractivity contribution in [2.75, 3.05) is 7.05 Å². The summed E-state index contributed by atoms with van der Waals surface area (Å²) in [6.07, 6.45) is 7.01. The molecule has 2 aliphatic carbocycles. The molecule has 1 N–H and O–H groups in total. The quantitative estimate of drug-likeness (QED) is 0.836. The summed E-state index contributed by atoms with van der Waals surface area (Å²) in [6.45, 7) is 2.08. The van der Waals surface area contributed by atoms with E-state index in [2.05, 4.69) is 54.7 Å². The summed E-state index contributed by atoms with van der Waals surface area (Å²) >= 11 is 0. The van der Waals surface area contributed by atoms with Crippen molar-refractivity contribution in [3.63, 3.8) is 0 Å². The van der Waals surface area contributed by atoms with Gasteiger partial charge in [-0.2, -0.15) is 0 Å². The van der Waals surface area contributed by atoms with Crippen molar-refractivity contribution in [3.8, 4) is 0 Å². The highest BCUT2D eigenvalue weighted by Crippen LogP contribution is 2.35. The number of aryl methyl sites for hydroxylation is 3. The molecular formula is C23H28N2O. The number of hydrogen-bond acceptors (Lipinski definition) is 1. The second-order valence-corrected chi connectivity index (χ2v) is 7.77. The van der Waals surface area contributed by atoms with Crippen LogP contribution in [-0.4, -0.2) is 18.0 Å². The van der Waals surface area contributed by atoms with E-state index in [-0.39, 0.29) is 18.1 Å². The fourth-order valence-electron chi connectivity index (χ4n) is 4.47. The largest absolute Gasteiger partial charge is 0.331 e. The van der Waals surface area contributed by atoms with Crippen LogP contribution in [-0.2, 0) is 19.3 Å². The molecule has 0 fully saturated rings. The van der Waals surface area contributed by atoms with Gasteiger partial charge in [-0.15, -0.1) is 0 Å². The first-order chi connectivity index (χ1) is 12.6. The molecule has 2 atom stereocenters. The van der Waals surface area contributed by atoms with Gasteiger partial charge >= 0.3 is 6.03 Å². The first-order valence-electron chi connectivity index (χ1n) is 9.86. The minimum absolute atomic E-state index is 0.0110. The molecule has 136 valence electrons. The fraction of sp³-hybridized carbons (Fsp3) is 0.435. The zero-order chi connectivity index (χ0) is 18.1. The number of urea groups is 1. The van der Waals surface area contributed by atoms with E-state index in [4.69, 9.17) is 0 Å². The maximum atomic E-state index is 12.8. The second kappa shape index (κ2) is 7.14. The number of carbonyl (C=O) groups excluding carboxylic acids is 1. The molecule has 2 aromatic carbocycles. The average molecular weight is 348 g/mol. The third-order valence-electron chi connectivity index (χ3n) is 6.10.